The van der Waals surface area contributed by atoms with Gasteiger partial charge in [-0.25, -0.2) is 0 Å². The lowest BCUT2D eigenvalue weighted by Gasteiger charge is -2.17. The molecule has 0 saturated carbocycles. The topological polar surface area (TPSA) is 52.5 Å². The molecule has 0 radical (unpaired) electrons. The first-order chi connectivity index (χ1) is 9.59. The molecule has 1 unspecified atom stereocenters. The zero-order valence-electron chi connectivity index (χ0n) is 11.9. The van der Waals surface area contributed by atoms with Crippen LogP contribution in [0.4, 0.5) is 0 Å². The molecule has 0 fully saturated rings. The average molecular weight is 271 g/mol. The predicted octanol–water partition coefficient (Wildman–Crippen LogP) is 3.30. The van der Waals surface area contributed by atoms with Crippen LogP contribution in [0.5, 0.6) is 11.5 Å². The average Bonchev–Trinajstić information content (AvgIpc) is 2.41. The number of hydrogen-bond donors (Lipinski definition) is 3. The van der Waals surface area contributed by atoms with Gasteiger partial charge in [-0.15, -0.1) is 0 Å². The quantitative estimate of drug-likeness (QED) is 0.782. The molecule has 2 rings (SSSR count). The SMILES string of the molecule is Cc1ccccc1CCNC(C)c1c(O)cccc1O. The van der Waals surface area contributed by atoms with E-state index in [4.69, 9.17) is 0 Å². The summed E-state index contributed by atoms with van der Waals surface area (Å²) >= 11 is 0. The lowest BCUT2D eigenvalue weighted by Crippen LogP contribution is -2.21. The zero-order valence-corrected chi connectivity index (χ0v) is 11.9. The van der Waals surface area contributed by atoms with E-state index in [1.807, 2.05) is 19.1 Å². The summed E-state index contributed by atoms with van der Waals surface area (Å²) in [6.07, 6.45) is 0.922. The van der Waals surface area contributed by atoms with Crippen LogP contribution in [-0.4, -0.2) is 16.8 Å². The summed E-state index contributed by atoms with van der Waals surface area (Å²) in [7, 11) is 0. The minimum Gasteiger partial charge on any atom is -0.507 e. The molecule has 0 amide bonds. The molecule has 20 heavy (non-hydrogen) atoms. The Hall–Kier alpha value is -2.00. The maximum absolute atomic E-state index is 9.82. The third kappa shape index (κ3) is 3.31. The monoisotopic (exact) mass is 271 g/mol. The van der Waals surface area contributed by atoms with E-state index in [9.17, 15) is 10.2 Å². The molecular weight excluding hydrogens is 250 g/mol. The third-order valence-electron chi connectivity index (χ3n) is 3.60. The number of aryl methyl sites for hydroxylation is 1. The van der Waals surface area contributed by atoms with Crippen LogP contribution in [0, 0.1) is 6.92 Å². The minimum absolute atomic E-state index is 0.0970. The number of rotatable bonds is 5. The summed E-state index contributed by atoms with van der Waals surface area (Å²) < 4.78 is 0. The van der Waals surface area contributed by atoms with Crippen LogP contribution in [0.3, 0.4) is 0 Å². The second-order valence-electron chi connectivity index (χ2n) is 5.06. The van der Waals surface area contributed by atoms with E-state index in [1.54, 1.807) is 18.2 Å². The van der Waals surface area contributed by atoms with Crippen LogP contribution in [0.15, 0.2) is 42.5 Å². The standard InChI is InChI=1S/C17H21NO2/c1-12-6-3-4-7-14(12)10-11-18-13(2)17-15(19)8-5-9-16(17)20/h3-9,13,18-20H,10-11H2,1-2H3. The van der Waals surface area contributed by atoms with E-state index in [0.29, 0.717) is 5.56 Å². The second-order valence-corrected chi connectivity index (χ2v) is 5.06. The minimum atomic E-state index is -0.0970. The molecule has 0 aliphatic rings. The third-order valence-corrected chi connectivity index (χ3v) is 3.60. The van der Waals surface area contributed by atoms with Crippen LogP contribution in [-0.2, 0) is 6.42 Å². The van der Waals surface area contributed by atoms with Gasteiger partial charge in [0, 0.05) is 6.04 Å². The van der Waals surface area contributed by atoms with Crippen molar-refractivity contribution in [1.82, 2.24) is 5.32 Å². The van der Waals surface area contributed by atoms with Gasteiger partial charge in [0.2, 0.25) is 0 Å². The fourth-order valence-electron chi connectivity index (χ4n) is 2.40. The highest BCUT2D eigenvalue weighted by Gasteiger charge is 2.14. The van der Waals surface area contributed by atoms with E-state index in [1.165, 1.54) is 11.1 Å². The second kappa shape index (κ2) is 6.44. The number of aromatic hydroxyl groups is 2. The van der Waals surface area contributed by atoms with Crippen LogP contribution in [0.25, 0.3) is 0 Å². The Morgan fingerprint density at radius 1 is 1.00 bits per heavy atom. The van der Waals surface area contributed by atoms with Gasteiger partial charge in [0.25, 0.3) is 0 Å². The Labute approximate surface area is 119 Å². The van der Waals surface area contributed by atoms with Crippen molar-refractivity contribution in [3.63, 3.8) is 0 Å². The first-order valence-electron chi connectivity index (χ1n) is 6.88. The molecule has 0 bridgehead atoms. The highest BCUT2D eigenvalue weighted by molar-refractivity contribution is 5.44. The molecule has 0 aliphatic heterocycles. The molecule has 0 heterocycles. The van der Waals surface area contributed by atoms with Crippen molar-refractivity contribution in [3.8, 4) is 11.5 Å². The van der Waals surface area contributed by atoms with Gasteiger partial charge >= 0.3 is 0 Å². The molecular formula is C17H21NO2. The number of phenolic OH excluding ortho intramolecular Hbond substituents is 2. The molecule has 3 heteroatoms. The molecule has 3 nitrogen and oxygen atoms in total. The summed E-state index contributed by atoms with van der Waals surface area (Å²) in [6.45, 7) is 4.83. The van der Waals surface area contributed by atoms with Crippen molar-refractivity contribution in [2.45, 2.75) is 26.3 Å². The molecule has 2 aromatic rings. The van der Waals surface area contributed by atoms with Gasteiger partial charge in [-0.05, 0) is 50.1 Å². The number of hydrogen-bond acceptors (Lipinski definition) is 3. The maximum atomic E-state index is 9.82. The van der Waals surface area contributed by atoms with Crippen molar-refractivity contribution in [3.05, 3.63) is 59.2 Å². The number of benzene rings is 2. The van der Waals surface area contributed by atoms with E-state index >= 15 is 0 Å². The summed E-state index contributed by atoms with van der Waals surface area (Å²) in [5.74, 6) is 0.252. The first kappa shape index (κ1) is 14.4. The van der Waals surface area contributed by atoms with E-state index in [-0.39, 0.29) is 17.5 Å². The Morgan fingerprint density at radius 3 is 2.30 bits per heavy atom. The van der Waals surface area contributed by atoms with Crippen LogP contribution in [0.1, 0.15) is 29.7 Å². The number of phenols is 2. The van der Waals surface area contributed by atoms with Gasteiger partial charge < -0.3 is 15.5 Å². The maximum Gasteiger partial charge on any atom is 0.124 e. The van der Waals surface area contributed by atoms with Crippen LogP contribution in [0.2, 0.25) is 0 Å². The molecule has 2 aromatic carbocycles. The Bertz CT molecular complexity index is 561. The molecule has 0 aromatic heterocycles. The van der Waals surface area contributed by atoms with Gasteiger partial charge in [-0.2, -0.15) is 0 Å². The molecule has 0 spiro atoms. The lowest BCUT2D eigenvalue weighted by molar-refractivity contribution is 0.419. The van der Waals surface area contributed by atoms with Crippen LogP contribution < -0.4 is 5.32 Å². The zero-order chi connectivity index (χ0) is 14.5. The highest BCUT2D eigenvalue weighted by Crippen LogP contribution is 2.31. The van der Waals surface area contributed by atoms with Gasteiger partial charge in [0.05, 0.1) is 5.56 Å². The summed E-state index contributed by atoms with van der Waals surface area (Å²) in [4.78, 5) is 0. The number of nitrogens with one attached hydrogen (secondary N) is 1. The van der Waals surface area contributed by atoms with E-state index in [0.717, 1.165) is 13.0 Å². The van der Waals surface area contributed by atoms with Gasteiger partial charge in [-0.1, -0.05) is 30.3 Å². The van der Waals surface area contributed by atoms with E-state index in [2.05, 4.69) is 24.4 Å². The molecule has 1 atom stereocenters. The summed E-state index contributed by atoms with van der Waals surface area (Å²) in [5.41, 5.74) is 3.15. The lowest BCUT2D eigenvalue weighted by atomic mass is 10.0. The Balaban J connectivity index is 1.96. The van der Waals surface area contributed by atoms with Crippen molar-refractivity contribution in [2.75, 3.05) is 6.54 Å². The van der Waals surface area contributed by atoms with Crippen molar-refractivity contribution >= 4 is 0 Å². The molecule has 0 aliphatic carbocycles. The van der Waals surface area contributed by atoms with Crippen molar-refractivity contribution in [2.24, 2.45) is 0 Å². The van der Waals surface area contributed by atoms with Gasteiger partial charge in [0.15, 0.2) is 0 Å². The first-order valence-corrected chi connectivity index (χ1v) is 6.88. The molecule has 106 valence electrons. The van der Waals surface area contributed by atoms with Crippen LogP contribution >= 0.6 is 0 Å². The highest BCUT2D eigenvalue weighted by atomic mass is 16.3. The van der Waals surface area contributed by atoms with Gasteiger partial charge in [0.1, 0.15) is 11.5 Å². The normalized spacial score (nSPS) is 12.3. The molecule has 0 saturated heterocycles. The summed E-state index contributed by atoms with van der Waals surface area (Å²) in [6, 6.07) is 13.0. The van der Waals surface area contributed by atoms with E-state index < -0.39 is 0 Å². The molecule has 3 N–H and O–H groups in total. The van der Waals surface area contributed by atoms with Gasteiger partial charge in [-0.3, -0.25) is 0 Å². The van der Waals surface area contributed by atoms with Crippen molar-refractivity contribution in [1.29, 1.82) is 0 Å². The smallest absolute Gasteiger partial charge is 0.124 e. The predicted molar refractivity (Wildman–Crippen MR) is 81.1 cm³/mol. The largest absolute Gasteiger partial charge is 0.507 e. The Kier molecular flexibility index (Phi) is 4.64. The summed E-state index contributed by atoms with van der Waals surface area (Å²) in [5, 5.41) is 23.0. The fraction of sp³-hybridized carbons (Fsp3) is 0.294. The van der Waals surface area contributed by atoms with Crippen molar-refractivity contribution < 1.29 is 10.2 Å². The Morgan fingerprint density at radius 2 is 1.65 bits per heavy atom. The fourth-order valence-corrected chi connectivity index (χ4v) is 2.40.